The Labute approximate surface area is 442 Å². The molecule has 7 N–H and O–H groups in total. The number of anilines is 1. The first-order valence-corrected chi connectivity index (χ1v) is 30.6. The van der Waals surface area contributed by atoms with Crippen molar-refractivity contribution in [2.45, 2.75) is 148 Å². The van der Waals surface area contributed by atoms with Crippen molar-refractivity contribution in [2.24, 2.45) is 10.9 Å². The molecule has 5 heterocycles. The van der Waals surface area contributed by atoms with Crippen molar-refractivity contribution in [2.75, 3.05) is 44.2 Å². The van der Waals surface area contributed by atoms with Gasteiger partial charge in [-0.25, -0.2) is 18.9 Å². The molecule has 4 aliphatic rings. The summed E-state index contributed by atoms with van der Waals surface area (Å²) in [4.78, 5) is 119. The van der Waals surface area contributed by atoms with Gasteiger partial charge in [-0.3, -0.25) is 28.5 Å². The number of unbranched alkanes of at least 4 members (excludes halogenated alkanes) is 4. The molecular weight excluding hydrogens is 1050 g/mol. The lowest BCUT2D eigenvalue weighted by molar-refractivity contribution is -0.256. The molecule has 1 saturated heterocycles. The van der Waals surface area contributed by atoms with E-state index in [0.717, 1.165) is 103 Å². The van der Waals surface area contributed by atoms with E-state index >= 15 is 0 Å². The van der Waals surface area contributed by atoms with E-state index in [9.17, 15) is 43.3 Å². The second-order valence-electron chi connectivity index (χ2n) is 20.6. The molecule has 6 atom stereocenters. The van der Waals surface area contributed by atoms with Crippen LogP contribution in [0.2, 0.25) is 0 Å². The number of benzene rings is 2. The van der Waals surface area contributed by atoms with Crippen LogP contribution in [0.4, 0.5) is 11.4 Å². The Morgan fingerprint density at radius 2 is 1.72 bits per heavy atom. The van der Waals surface area contributed by atoms with Gasteiger partial charge in [0.2, 0.25) is 17.2 Å². The van der Waals surface area contributed by atoms with Gasteiger partial charge in [-0.05, 0) is 109 Å². The number of allylic oxidation sites excluding steroid dienone is 2. The fourth-order valence-electron chi connectivity index (χ4n) is 10.7. The van der Waals surface area contributed by atoms with E-state index in [1.165, 1.54) is 29.9 Å². The van der Waals surface area contributed by atoms with E-state index in [1.807, 2.05) is 12.2 Å². The first kappa shape index (κ1) is 59.4. The zero-order valence-electron chi connectivity index (χ0n) is 43.8. The Morgan fingerprint density at radius 1 is 1.01 bits per heavy atom. The van der Waals surface area contributed by atoms with Gasteiger partial charge < -0.3 is 39.7 Å². The van der Waals surface area contributed by atoms with Crippen molar-refractivity contribution < 1.29 is 66.1 Å². The molecule has 26 heteroatoms. The number of hydrogen-bond donors (Lipinski definition) is 7. The summed E-state index contributed by atoms with van der Waals surface area (Å²) in [7, 11) is -16.8. The van der Waals surface area contributed by atoms with Crippen LogP contribution in [0.3, 0.4) is 0 Å². The normalized spacial score (nSPS) is 21.4. The third-order valence-electron chi connectivity index (χ3n) is 14.2. The van der Waals surface area contributed by atoms with E-state index in [-0.39, 0.29) is 29.3 Å². The molecule has 418 valence electrons. The maximum atomic E-state index is 12.8. The topological polar surface area (TPSA) is 322 Å². The summed E-state index contributed by atoms with van der Waals surface area (Å²) in [5, 5.41) is 8.03. The summed E-state index contributed by atoms with van der Waals surface area (Å²) < 4.78 is 40.8. The molecule has 0 radical (unpaired) electrons. The Balaban J connectivity index is 0.770. The smallest absolute Gasteiger partial charge is 0.511 e. The standard InChI is InChI=1S/C50H72N7O16P3/c1-6-57-41-29-43-39(27-37(41)33(2)30-50(57,4)5)53-38-25-35-18-15-23-55(40(35)28-42(38)70-43)24-16-20-46(59)52-22-14-10-9-13-21-51-45(58)19-12-8-7-11-17-36-26-47(56-31-34(3)48(60)54-49(56)61)71-44(36)32-69-75(65,66)73-76(67,68)72-74(62,63)64/h7,11,25,27-29,31,33,36,44,47H,6,8-10,12-24,26,30,32H2,1-5H3,(H6-,51,52,54,58,59,60,61,62,63,64,65,66,67,68)/p+1/b11-7-/t33?,36-,44+,47+/m0/s1. The van der Waals surface area contributed by atoms with E-state index in [0.29, 0.717) is 51.1 Å². The minimum atomic E-state index is -5.74. The van der Waals surface area contributed by atoms with Crippen molar-refractivity contribution in [3.63, 3.8) is 0 Å². The predicted octanol–water partition coefficient (Wildman–Crippen LogP) is 3.95. The van der Waals surface area contributed by atoms with Crippen LogP contribution in [-0.4, -0.2) is 91.9 Å². The summed E-state index contributed by atoms with van der Waals surface area (Å²) >= 11 is 0. The van der Waals surface area contributed by atoms with Crippen LogP contribution in [-0.2, 0) is 38.5 Å². The molecule has 0 spiro atoms. The van der Waals surface area contributed by atoms with Crippen LogP contribution in [0, 0.1) is 12.8 Å². The zero-order valence-corrected chi connectivity index (χ0v) is 46.5. The molecule has 3 aromatic rings. The molecule has 2 amide bonds. The minimum absolute atomic E-state index is 0.0410. The number of fused-ring (bicyclic) bond motifs is 4. The fraction of sp³-hybridized carbons (Fsp3) is 0.600. The lowest BCUT2D eigenvalue weighted by Gasteiger charge is -2.47. The minimum Gasteiger partial charge on any atom is -0.603 e. The molecule has 0 aliphatic carbocycles. The van der Waals surface area contributed by atoms with Crippen molar-refractivity contribution in [1.29, 1.82) is 0 Å². The molecule has 4 aliphatic heterocycles. The summed E-state index contributed by atoms with van der Waals surface area (Å²) in [6.45, 7) is 13.6. The summed E-state index contributed by atoms with van der Waals surface area (Å²) in [6, 6.07) is 8.71. The first-order chi connectivity index (χ1) is 35.9. The SMILES string of the molecule is CCN1c2cc3c(cc2C(C)CC1(C)C)N=c1cc2c(cc1O3)=[N+](CCCC(=O)NCCCCCCNC(=O)CCC/C=C\C[C@H]1C[C@H](n3cc(C)c(=O)[nH]c3=O)O[C@@H]1COP(=O)(O)O[P+]([O-])(O)O[P+]([O-])(O)O)CCC2. The molecule has 3 unspecified atom stereocenters. The number of rotatable bonds is 26. The largest absolute Gasteiger partial charge is 0.603 e. The van der Waals surface area contributed by atoms with Crippen molar-refractivity contribution >= 4 is 47.4 Å². The second-order valence-corrected chi connectivity index (χ2v) is 25.0. The third kappa shape index (κ3) is 16.1. The Hall–Kier alpha value is -4.31. The predicted molar refractivity (Wildman–Crippen MR) is 281 cm³/mol. The number of aromatic nitrogens is 2. The number of ether oxygens (including phenoxy) is 2. The van der Waals surface area contributed by atoms with Crippen molar-refractivity contribution in [1.82, 2.24) is 24.8 Å². The van der Waals surface area contributed by atoms with Gasteiger partial charge >= 0.3 is 29.9 Å². The number of aromatic amines is 1. The summed E-state index contributed by atoms with van der Waals surface area (Å²) in [5.74, 6) is 1.48. The fourth-order valence-corrected chi connectivity index (χ4v) is 13.7. The summed E-state index contributed by atoms with van der Waals surface area (Å²) in [6.07, 6.45) is 12.7. The molecular formula is C50H73N7O16P3+. The number of carbonyl (C=O) groups is 2. The van der Waals surface area contributed by atoms with E-state index < -0.39 is 60.3 Å². The van der Waals surface area contributed by atoms with Gasteiger partial charge in [0.1, 0.15) is 30.4 Å². The number of aryl methyl sites for hydroxylation is 2. The third-order valence-corrected chi connectivity index (χ3v) is 18.0. The maximum absolute atomic E-state index is 12.8. The quantitative estimate of drug-likeness (QED) is 0.0203. The average molecular weight is 1120 g/mol. The highest BCUT2D eigenvalue weighted by molar-refractivity contribution is 7.70. The van der Waals surface area contributed by atoms with Crippen LogP contribution in [0.15, 0.2) is 57.2 Å². The first-order valence-electron chi connectivity index (χ1n) is 26.1. The second kappa shape index (κ2) is 25.7. The van der Waals surface area contributed by atoms with Crippen molar-refractivity contribution in [3.8, 4) is 11.5 Å². The average Bonchev–Trinajstić information content (AvgIpc) is 3.73. The van der Waals surface area contributed by atoms with Crippen LogP contribution >= 0.6 is 24.2 Å². The highest BCUT2D eigenvalue weighted by Crippen LogP contribution is 2.70. The number of nitrogens with zero attached hydrogens (tertiary/aromatic N) is 4. The number of nitrogens with one attached hydrogen (secondary N) is 3. The monoisotopic (exact) mass is 1120 g/mol. The van der Waals surface area contributed by atoms with Gasteiger partial charge in [-0.15, -0.1) is 0 Å². The van der Waals surface area contributed by atoms with E-state index in [4.69, 9.17) is 28.8 Å². The maximum Gasteiger partial charge on any atom is 0.511 e. The number of phosphoric ester groups is 1. The van der Waals surface area contributed by atoms with Gasteiger partial charge in [-0.2, -0.15) is 14.7 Å². The number of carbonyl (C=O) groups excluding carboxylic acids is 2. The van der Waals surface area contributed by atoms with Crippen LogP contribution in [0.1, 0.15) is 140 Å². The summed E-state index contributed by atoms with van der Waals surface area (Å²) in [5.41, 5.74) is 3.62. The molecule has 1 aromatic heterocycles. The Kier molecular flexibility index (Phi) is 20.0. The highest BCUT2D eigenvalue weighted by atomic mass is 31.3. The van der Waals surface area contributed by atoms with E-state index in [2.05, 4.69) is 85.7 Å². The van der Waals surface area contributed by atoms with Gasteiger partial charge in [-0.1, -0.05) is 36.2 Å². The number of amides is 2. The van der Waals surface area contributed by atoms with Crippen LogP contribution in [0.5, 0.6) is 11.5 Å². The molecule has 7 rings (SSSR count). The lowest BCUT2D eigenvalue weighted by atomic mass is 9.80. The molecule has 2 aromatic carbocycles. The van der Waals surface area contributed by atoms with Gasteiger partial charge in [0.15, 0.2) is 11.5 Å². The Morgan fingerprint density at radius 3 is 2.42 bits per heavy atom. The van der Waals surface area contributed by atoms with Crippen LogP contribution in [0.25, 0.3) is 0 Å². The number of H-pyrrole nitrogens is 1. The van der Waals surface area contributed by atoms with E-state index in [1.54, 1.807) is 0 Å². The number of hydrogen-bond acceptors (Lipinski definition) is 17. The van der Waals surface area contributed by atoms with Gasteiger partial charge in [0.25, 0.3) is 5.56 Å². The molecule has 76 heavy (non-hydrogen) atoms. The Bertz CT molecular complexity index is 2910. The van der Waals surface area contributed by atoms with Gasteiger partial charge in [0.05, 0.1) is 18.8 Å². The molecule has 0 bridgehead atoms. The molecule has 1 fully saturated rings. The number of phosphoric acid groups is 3. The van der Waals surface area contributed by atoms with Gasteiger partial charge in [0, 0.05) is 84.2 Å². The van der Waals surface area contributed by atoms with Crippen molar-refractivity contribution in [3.05, 3.63) is 90.9 Å². The van der Waals surface area contributed by atoms with Crippen LogP contribution < -0.4 is 56.6 Å². The highest BCUT2D eigenvalue weighted by Gasteiger charge is 2.50. The molecule has 0 saturated carbocycles. The molecule has 23 nitrogen and oxygen atoms in total. The zero-order chi connectivity index (χ0) is 55.0. The lowest BCUT2D eigenvalue weighted by Crippen LogP contribution is -2.48.